The van der Waals surface area contributed by atoms with Gasteiger partial charge in [-0.2, -0.15) is 78.9 Å². The first-order chi connectivity index (χ1) is 16.7. The quantitative estimate of drug-likeness (QED) is 0.213. The highest BCUT2D eigenvalue weighted by atomic mass is 32.2. The van der Waals surface area contributed by atoms with Gasteiger partial charge < -0.3 is 5.11 Å². The van der Waals surface area contributed by atoms with E-state index >= 15 is 0 Å². The Bertz CT molecular complexity index is 989. The molecule has 0 bridgehead atoms. The first-order valence-electron chi connectivity index (χ1n) is 9.26. The third kappa shape index (κ3) is 5.87. The minimum atomic E-state index is -8.82. The Morgan fingerprint density at radius 1 is 0.641 bits per heavy atom. The van der Waals surface area contributed by atoms with Crippen molar-refractivity contribution < 1.29 is 93.0 Å². The highest BCUT2D eigenvalue weighted by Gasteiger charge is 2.96. The number of carbonyl (C=O) groups is 1. The molecule has 0 rings (SSSR count). The Balaban J connectivity index is 0. The first-order valence-corrected chi connectivity index (χ1v) is 10.7. The molecule has 0 aliphatic heterocycles. The maximum absolute atomic E-state index is 13.8. The number of alkyl halides is 17. The van der Waals surface area contributed by atoms with Crippen LogP contribution < -0.4 is 0 Å². The van der Waals surface area contributed by atoms with Gasteiger partial charge in [0.2, 0.25) is 0 Å². The molecule has 0 saturated carbocycles. The molecule has 1 N–H and O–H groups in total. The number of hydrogen-bond acceptors (Lipinski definition) is 3. The molecule has 0 atom stereocenters. The fourth-order valence-corrected chi connectivity index (χ4v) is 3.49. The zero-order valence-electron chi connectivity index (χ0n) is 19.1. The Hall–Kier alpha value is -2.07. The topological polar surface area (TPSA) is 74.7 Å². The van der Waals surface area contributed by atoms with E-state index in [4.69, 9.17) is 5.11 Å². The summed E-state index contributed by atoms with van der Waals surface area (Å²) in [4.78, 5) is 9.60. The first kappa shape index (κ1) is 39.1. The fraction of sp³-hybridized carbons (Fsp3) is 0.812. The number of nitrogens with zero attached hydrogens (tertiary/aromatic N) is 1. The molecule has 0 aromatic heterocycles. The largest absolute Gasteiger partial charge is 0.478 e. The highest BCUT2D eigenvalue weighted by molar-refractivity contribution is 7.90. The summed E-state index contributed by atoms with van der Waals surface area (Å²) in [6.45, 7) is 3.34. The molecule has 5 nitrogen and oxygen atoms in total. The van der Waals surface area contributed by atoms with Gasteiger partial charge in [-0.1, -0.05) is 20.4 Å². The Morgan fingerprint density at radius 2 is 0.872 bits per heavy atom. The van der Waals surface area contributed by atoms with E-state index < -0.39 is 80.4 Å². The lowest BCUT2D eigenvalue weighted by Crippen LogP contribution is -2.75. The monoisotopic (exact) mass is 641 g/mol. The zero-order valence-corrected chi connectivity index (χ0v) is 19.9. The number of carboxylic acids is 1. The number of carboxylic acid groups (broad SMARTS) is 1. The van der Waals surface area contributed by atoms with E-state index in [1.807, 2.05) is 0 Å². The second-order valence-electron chi connectivity index (χ2n) is 7.14. The summed E-state index contributed by atoms with van der Waals surface area (Å²) in [7, 11) is -7.16. The molecule has 0 unspecified atom stereocenters. The SMILES string of the molecule is C=C(C)C(=O)O.CCN(CC)S(=O)(=O)C(F)(F)C(F)(F)C(F)(F)C(F)(F)C(F)(F)C(F)(F)C(F)(F)C(F)(F)F. The van der Waals surface area contributed by atoms with Gasteiger partial charge in [-0.15, -0.1) is 0 Å². The molecule has 0 aliphatic carbocycles. The maximum Gasteiger partial charge on any atom is 0.460 e. The molecule has 0 aliphatic rings. The summed E-state index contributed by atoms with van der Waals surface area (Å²) in [6, 6.07) is 0. The smallest absolute Gasteiger partial charge is 0.460 e. The molecule has 0 heterocycles. The lowest BCUT2D eigenvalue weighted by atomic mass is 9.91. The van der Waals surface area contributed by atoms with Crippen LogP contribution in [0.3, 0.4) is 0 Å². The third-order valence-corrected chi connectivity index (χ3v) is 6.53. The fourth-order valence-electron chi connectivity index (χ4n) is 2.04. The average Bonchev–Trinajstić information content (AvgIpc) is 2.72. The van der Waals surface area contributed by atoms with E-state index in [1.165, 1.54) is 6.92 Å². The predicted molar refractivity (Wildman–Crippen MR) is 95.0 cm³/mol. The standard InChI is InChI=1S/C12H10F17NO2S.C4H6O2/c1-3-30(4-2)33(31,32)12(28,29)10(23,24)8(19,20)6(15,16)5(13,14)7(17,18)9(21,22)11(25,26)27;1-3(2)4(5)6/h3-4H2,1-2H3;1H2,2H3,(H,5,6). The second kappa shape index (κ2) is 11.1. The molecular weight excluding hydrogens is 625 g/mol. The van der Waals surface area contributed by atoms with Crippen molar-refractivity contribution in [2.75, 3.05) is 13.1 Å². The van der Waals surface area contributed by atoms with Crippen molar-refractivity contribution in [3.63, 3.8) is 0 Å². The molecule has 39 heavy (non-hydrogen) atoms. The van der Waals surface area contributed by atoms with Crippen LogP contribution in [0.1, 0.15) is 20.8 Å². The van der Waals surface area contributed by atoms with Crippen LogP contribution in [0.2, 0.25) is 0 Å². The van der Waals surface area contributed by atoms with Gasteiger partial charge in [0.05, 0.1) is 0 Å². The van der Waals surface area contributed by atoms with Crippen LogP contribution in [0, 0.1) is 0 Å². The molecule has 0 amide bonds. The summed E-state index contributed by atoms with van der Waals surface area (Å²) < 4.78 is 245. The van der Waals surface area contributed by atoms with E-state index in [1.54, 1.807) is 0 Å². The van der Waals surface area contributed by atoms with E-state index in [9.17, 15) is 87.8 Å². The van der Waals surface area contributed by atoms with Crippen molar-refractivity contribution in [2.24, 2.45) is 0 Å². The van der Waals surface area contributed by atoms with Crippen LogP contribution in [-0.4, -0.2) is 83.9 Å². The summed E-state index contributed by atoms with van der Waals surface area (Å²) >= 11 is 0. The Labute approximate surface area is 207 Å². The minimum absolute atomic E-state index is 0.176. The second-order valence-corrected chi connectivity index (χ2v) is 9.11. The van der Waals surface area contributed by atoms with E-state index in [-0.39, 0.29) is 5.57 Å². The van der Waals surface area contributed by atoms with Gasteiger partial charge in [-0.05, 0) is 6.92 Å². The third-order valence-electron chi connectivity index (χ3n) is 4.43. The normalized spacial score (nSPS) is 15.1. The molecule has 0 fully saturated rings. The van der Waals surface area contributed by atoms with Gasteiger partial charge in [-0.3, -0.25) is 0 Å². The molecule has 234 valence electrons. The highest BCUT2D eigenvalue weighted by Crippen LogP contribution is 2.64. The van der Waals surface area contributed by atoms with Crippen LogP contribution in [0.25, 0.3) is 0 Å². The molecule has 0 aromatic rings. The van der Waals surface area contributed by atoms with Crippen LogP contribution >= 0.6 is 0 Å². The summed E-state index contributed by atoms with van der Waals surface area (Å²) in [6.07, 6.45) is -7.86. The average molecular weight is 641 g/mol. The number of aliphatic carboxylic acids is 1. The van der Waals surface area contributed by atoms with Gasteiger partial charge >= 0.3 is 52.9 Å². The maximum atomic E-state index is 13.8. The Kier molecular flexibility index (Phi) is 11.1. The summed E-state index contributed by atoms with van der Waals surface area (Å²) in [5.74, 6) is -52.4. The van der Waals surface area contributed by atoms with Crippen molar-refractivity contribution in [1.29, 1.82) is 0 Å². The number of sulfonamides is 1. The number of halogens is 17. The van der Waals surface area contributed by atoms with Gasteiger partial charge in [0.25, 0.3) is 10.0 Å². The summed E-state index contributed by atoms with van der Waals surface area (Å²) in [5.41, 5.74) is 0.176. The molecule has 23 heteroatoms. The van der Waals surface area contributed by atoms with Gasteiger partial charge in [0.15, 0.2) is 0 Å². The van der Waals surface area contributed by atoms with Gasteiger partial charge in [0, 0.05) is 18.7 Å². The predicted octanol–water partition coefficient (Wildman–Crippen LogP) is 6.27. The van der Waals surface area contributed by atoms with Crippen LogP contribution in [0.15, 0.2) is 12.2 Å². The van der Waals surface area contributed by atoms with Crippen molar-refractivity contribution in [3.05, 3.63) is 12.2 Å². The van der Waals surface area contributed by atoms with Crippen LogP contribution in [0.4, 0.5) is 74.6 Å². The number of hydrogen-bond donors (Lipinski definition) is 1. The molecule has 0 saturated heterocycles. The lowest BCUT2D eigenvalue weighted by Gasteiger charge is -2.42. The van der Waals surface area contributed by atoms with Gasteiger partial charge in [0.1, 0.15) is 0 Å². The molecule has 0 aromatic carbocycles. The van der Waals surface area contributed by atoms with Crippen molar-refractivity contribution in [3.8, 4) is 0 Å². The van der Waals surface area contributed by atoms with Gasteiger partial charge in [-0.25, -0.2) is 13.2 Å². The van der Waals surface area contributed by atoms with E-state index in [0.29, 0.717) is 13.8 Å². The van der Waals surface area contributed by atoms with Crippen LogP contribution in [-0.2, 0) is 14.8 Å². The summed E-state index contributed by atoms with van der Waals surface area (Å²) in [5, 5.41) is 0.402. The van der Waals surface area contributed by atoms with Crippen molar-refractivity contribution in [1.82, 2.24) is 4.31 Å². The Morgan fingerprint density at radius 3 is 1.08 bits per heavy atom. The van der Waals surface area contributed by atoms with E-state index in [0.717, 1.165) is 0 Å². The zero-order chi connectivity index (χ0) is 32.6. The van der Waals surface area contributed by atoms with E-state index in [2.05, 4.69) is 6.58 Å². The minimum Gasteiger partial charge on any atom is -0.478 e. The molecular formula is C16H16F17NO4S. The van der Waals surface area contributed by atoms with Crippen molar-refractivity contribution in [2.45, 2.75) is 67.7 Å². The lowest BCUT2D eigenvalue weighted by molar-refractivity contribution is -0.458. The number of rotatable bonds is 11. The van der Waals surface area contributed by atoms with Crippen LogP contribution in [0.5, 0.6) is 0 Å². The molecule has 0 spiro atoms. The molecule has 0 radical (unpaired) electrons. The van der Waals surface area contributed by atoms with Crippen molar-refractivity contribution >= 4 is 16.0 Å².